The van der Waals surface area contributed by atoms with Crippen LogP contribution in [0.3, 0.4) is 0 Å². The molecule has 1 amide bonds. The van der Waals surface area contributed by atoms with Crippen molar-refractivity contribution in [2.24, 2.45) is 0 Å². The van der Waals surface area contributed by atoms with E-state index < -0.39 is 5.91 Å². The summed E-state index contributed by atoms with van der Waals surface area (Å²) in [5, 5.41) is 8.43. The Bertz CT molecular complexity index is 563. The van der Waals surface area contributed by atoms with Gasteiger partial charge in [-0.1, -0.05) is 11.5 Å². The Morgan fingerprint density at radius 2 is 2.11 bits per heavy atom. The minimum Gasteiger partial charge on any atom is -0.337 e. The number of carbonyl (C=O) groups excluding carboxylic acids is 1. The lowest BCUT2D eigenvalue weighted by atomic mass is 9.80. The van der Waals surface area contributed by atoms with E-state index in [-0.39, 0.29) is 6.54 Å². The molecule has 0 aliphatic rings. The van der Waals surface area contributed by atoms with Gasteiger partial charge in [-0.15, -0.1) is 0 Å². The fourth-order valence-electron chi connectivity index (χ4n) is 1.62. The molecule has 1 aromatic carbocycles. The monoisotopic (exact) mass is 243 g/mol. The van der Waals surface area contributed by atoms with Crippen LogP contribution in [0.1, 0.15) is 0 Å². The maximum Gasteiger partial charge on any atom is 0.256 e. The molecule has 6 nitrogen and oxygen atoms in total. The van der Waals surface area contributed by atoms with Crippen LogP contribution >= 0.6 is 0 Å². The minimum atomic E-state index is -0.464. The standard InChI is InChI=1S/C11H12BN4O2/c1-16(7-11(17)15-18)12-8-2-3-9-10(6-8)14-5-4-13-9/h2-6,18H,7H2,1H3,(H,15,17). The number of carbonyl (C=O) groups is 1. The molecule has 0 aliphatic heterocycles. The van der Waals surface area contributed by atoms with Crippen molar-refractivity contribution >= 4 is 29.8 Å². The Labute approximate surface area is 105 Å². The maximum absolute atomic E-state index is 11.0. The van der Waals surface area contributed by atoms with Gasteiger partial charge in [0.25, 0.3) is 5.91 Å². The lowest BCUT2D eigenvalue weighted by molar-refractivity contribution is -0.129. The topological polar surface area (TPSA) is 78.4 Å². The fraction of sp³-hybridized carbons (Fsp3) is 0.182. The van der Waals surface area contributed by atoms with Gasteiger partial charge in [-0.05, 0) is 19.2 Å². The van der Waals surface area contributed by atoms with Crippen molar-refractivity contribution < 1.29 is 10.0 Å². The second-order valence-electron chi connectivity index (χ2n) is 3.88. The normalized spacial score (nSPS) is 10.6. The van der Waals surface area contributed by atoms with Gasteiger partial charge in [-0.25, -0.2) is 5.48 Å². The quantitative estimate of drug-likeness (QED) is 0.422. The Balaban J connectivity index is 2.09. The van der Waals surface area contributed by atoms with E-state index in [1.54, 1.807) is 37.1 Å². The summed E-state index contributed by atoms with van der Waals surface area (Å²) in [6.45, 7) is 0.0784. The van der Waals surface area contributed by atoms with Crippen LogP contribution in [0.4, 0.5) is 0 Å². The number of benzene rings is 1. The first kappa shape index (κ1) is 12.5. The zero-order valence-corrected chi connectivity index (χ0v) is 9.87. The predicted octanol–water partition coefficient (Wildman–Crippen LogP) is -0.689. The molecule has 0 bridgehead atoms. The summed E-state index contributed by atoms with van der Waals surface area (Å²) in [6, 6.07) is 5.65. The van der Waals surface area contributed by atoms with Gasteiger partial charge in [0.2, 0.25) is 7.41 Å². The Morgan fingerprint density at radius 3 is 2.83 bits per heavy atom. The third-order valence-electron chi connectivity index (χ3n) is 2.38. The van der Waals surface area contributed by atoms with Gasteiger partial charge in [-0.2, -0.15) is 0 Å². The molecule has 1 radical (unpaired) electrons. The molecule has 7 heteroatoms. The second kappa shape index (κ2) is 5.57. The van der Waals surface area contributed by atoms with Gasteiger partial charge in [0.05, 0.1) is 17.6 Å². The summed E-state index contributed by atoms with van der Waals surface area (Å²) in [4.78, 5) is 21.0. The van der Waals surface area contributed by atoms with Crippen molar-refractivity contribution in [2.45, 2.75) is 0 Å². The number of nitrogens with zero attached hydrogens (tertiary/aromatic N) is 3. The van der Waals surface area contributed by atoms with E-state index >= 15 is 0 Å². The molecule has 1 heterocycles. The van der Waals surface area contributed by atoms with Gasteiger partial charge < -0.3 is 4.81 Å². The van der Waals surface area contributed by atoms with Gasteiger partial charge >= 0.3 is 0 Å². The van der Waals surface area contributed by atoms with Gasteiger partial charge in [0.15, 0.2) is 0 Å². The van der Waals surface area contributed by atoms with Crippen LogP contribution in [0.25, 0.3) is 11.0 Å². The molecular weight excluding hydrogens is 231 g/mol. The highest BCUT2D eigenvalue weighted by Crippen LogP contribution is 2.04. The highest BCUT2D eigenvalue weighted by molar-refractivity contribution is 6.51. The van der Waals surface area contributed by atoms with E-state index in [9.17, 15) is 4.79 Å². The number of likely N-dealkylation sites (N-methyl/N-ethyl adjacent to an activating group) is 1. The molecule has 0 unspecified atom stereocenters. The molecule has 18 heavy (non-hydrogen) atoms. The Morgan fingerprint density at radius 1 is 1.39 bits per heavy atom. The highest BCUT2D eigenvalue weighted by Gasteiger charge is 2.08. The number of fused-ring (bicyclic) bond motifs is 1. The summed E-state index contributed by atoms with van der Waals surface area (Å²) in [5.74, 6) is -0.464. The average Bonchev–Trinajstić information content (AvgIpc) is 2.38. The van der Waals surface area contributed by atoms with Crippen molar-refractivity contribution in [1.82, 2.24) is 20.3 Å². The Kier molecular flexibility index (Phi) is 3.86. The van der Waals surface area contributed by atoms with E-state index in [4.69, 9.17) is 5.21 Å². The van der Waals surface area contributed by atoms with Crippen LogP contribution in [0.15, 0.2) is 30.6 Å². The lowest BCUT2D eigenvalue weighted by Crippen LogP contribution is -2.39. The van der Waals surface area contributed by atoms with Crippen molar-refractivity contribution in [3.8, 4) is 0 Å². The SMILES string of the molecule is CN([B]c1ccc2nccnc2c1)CC(=O)NO. The largest absolute Gasteiger partial charge is 0.337 e. The number of rotatable bonds is 4. The molecule has 2 N–H and O–H groups in total. The van der Waals surface area contributed by atoms with Crippen LogP contribution in [0.5, 0.6) is 0 Å². The van der Waals surface area contributed by atoms with Crippen LogP contribution in [-0.4, -0.2) is 46.9 Å². The zero-order valence-electron chi connectivity index (χ0n) is 9.87. The van der Waals surface area contributed by atoms with E-state index in [0.717, 1.165) is 16.5 Å². The number of hydrogen-bond donors (Lipinski definition) is 2. The number of hydroxylamine groups is 1. The van der Waals surface area contributed by atoms with E-state index in [0.29, 0.717) is 0 Å². The highest BCUT2D eigenvalue weighted by atomic mass is 16.5. The van der Waals surface area contributed by atoms with Crippen LogP contribution in [0, 0.1) is 0 Å². The second-order valence-corrected chi connectivity index (χ2v) is 3.88. The molecule has 0 fully saturated rings. The van der Waals surface area contributed by atoms with Crippen LogP contribution < -0.4 is 10.9 Å². The number of amides is 1. The molecule has 2 aromatic rings. The molecule has 0 spiro atoms. The number of aromatic nitrogens is 2. The van der Waals surface area contributed by atoms with Crippen LogP contribution in [0.2, 0.25) is 0 Å². The first-order valence-corrected chi connectivity index (χ1v) is 5.38. The molecular formula is C11H12BN4O2. The third kappa shape index (κ3) is 3.02. The predicted molar refractivity (Wildman–Crippen MR) is 67.5 cm³/mol. The lowest BCUT2D eigenvalue weighted by Gasteiger charge is -2.13. The summed E-state index contributed by atoms with van der Waals surface area (Å²) < 4.78 is 0. The van der Waals surface area contributed by atoms with Gasteiger partial charge in [-0.3, -0.25) is 20.0 Å². The maximum atomic E-state index is 11.0. The number of hydrogen-bond acceptors (Lipinski definition) is 5. The van der Waals surface area contributed by atoms with Gasteiger partial charge in [0.1, 0.15) is 0 Å². The number of nitrogens with one attached hydrogen (secondary N) is 1. The summed E-state index contributed by atoms with van der Waals surface area (Å²) in [7, 11) is 3.54. The molecule has 1 aromatic heterocycles. The zero-order chi connectivity index (χ0) is 13.0. The molecule has 0 aliphatic carbocycles. The molecule has 2 rings (SSSR count). The summed E-state index contributed by atoms with van der Waals surface area (Å²) >= 11 is 0. The van der Waals surface area contributed by atoms with E-state index in [1.165, 1.54) is 0 Å². The van der Waals surface area contributed by atoms with Crippen molar-refractivity contribution in [3.63, 3.8) is 0 Å². The first-order valence-electron chi connectivity index (χ1n) is 5.38. The third-order valence-corrected chi connectivity index (χ3v) is 2.38. The van der Waals surface area contributed by atoms with E-state index in [2.05, 4.69) is 9.97 Å². The smallest absolute Gasteiger partial charge is 0.256 e. The van der Waals surface area contributed by atoms with Crippen LogP contribution in [-0.2, 0) is 4.79 Å². The van der Waals surface area contributed by atoms with Crippen molar-refractivity contribution in [2.75, 3.05) is 13.6 Å². The fourth-order valence-corrected chi connectivity index (χ4v) is 1.62. The van der Waals surface area contributed by atoms with Crippen molar-refractivity contribution in [1.29, 1.82) is 0 Å². The first-order chi connectivity index (χ1) is 8.69. The Hall–Kier alpha value is -1.99. The minimum absolute atomic E-state index is 0.0784. The summed E-state index contributed by atoms with van der Waals surface area (Å²) in [6.07, 6.45) is 3.28. The molecule has 0 saturated carbocycles. The molecule has 0 atom stereocenters. The summed E-state index contributed by atoms with van der Waals surface area (Å²) in [5.41, 5.74) is 4.12. The average molecular weight is 243 g/mol. The van der Waals surface area contributed by atoms with Crippen molar-refractivity contribution in [3.05, 3.63) is 30.6 Å². The van der Waals surface area contributed by atoms with E-state index in [1.807, 2.05) is 18.2 Å². The van der Waals surface area contributed by atoms with Gasteiger partial charge in [0, 0.05) is 12.4 Å². The molecule has 91 valence electrons. The molecule has 0 saturated heterocycles.